The summed E-state index contributed by atoms with van der Waals surface area (Å²) >= 11 is 0. The van der Waals surface area contributed by atoms with Gasteiger partial charge in [-0.2, -0.15) is 0 Å². The molecule has 4 rings (SSSR count). The smallest absolute Gasteiger partial charge is 0.410 e. The summed E-state index contributed by atoms with van der Waals surface area (Å²) in [4.78, 5) is 19.3. The van der Waals surface area contributed by atoms with E-state index in [1.54, 1.807) is 0 Å². The Labute approximate surface area is 173 Å². The number of carbonyl (C=O) groups is 1. The molecule has 1 amide bonds. The summed E-state index contributed by atoms with van der Waals surface area (Å²) in [6.07, 6.45) is 1.91. The molecule has 0 bridgehead atoms. The van der Waals surface area contributed by atoms with Crippen molar-refractivity contribution in [3.05, 3.63) is 66.2 Å². The van der Waals surface area contributed by atoms with Crippen molar-refractivity contribution >= 4 is 6.09 Å². The number of ether oxygens (including phenoxy) is 1. The highest BCUT2D eigenvalue weighted by Crippen LogP contribution is 2.21. The zero-order valence-corrected chi connectivity index (χ0v) is 17.1. The molecule has 0 aliphatic carbocycles. The largest absolute Gasteiger partial charge is 0.415 e. The third kappa shape index (κ3) is 5.81. The first-order valence-corrected chi connectivity index (χ1v) is 10.8. The van der Waals surface area contributed by atoms with E-state index < -0.39 is 0 Å². The normalized spacial score (nSPS) is 19.2. The summed E-state index contributed by atoms with van der Waals surface area (Å²) in [5.41, 5.74) is 1.40. The van der Waals surface area contributed by atoms with Crippen LogP contribution >= 0.6 is 0 Å². The van der Waals surface area contributed by atoms with Gasteiger partial charge in [0.25, 0.3) is 0 Å². The molecule has 0 N–H and O–H groups in total. The summed E-state index contributed by atoms with van der Waals surface area (Å²) in [5.74, 6) is 1.30. The molecular weight excluding hydrogens is 362 g/mol. The van der Waals surface area contributed by atoms with E-state index in [9.17, 15) is 4.79 Å². The molecule has 2 aromatic carbocycles. The van der Waals surface area contributed by atoms with Gasteiger partial charge in [-0.25, -0.2) is 4.79 Å². The summed E-state index contributed by atoms with van der Waals surface area (Å²) < 4.78 is 5.47. The lowest BCUT2D eigenvalue weighted by Crippen LogP contribution is -2.49. The van der Waals surface area contributed by atoms with Crippen LogP contribution in [0.4, 0.5) is 4.79 Å². The van der Waals surface area contributed by atoms with E-state index in [4.69, 9.17) is 4.74 Å². The quantitative estimate of drug-likeness (QED) is 0.776. The molecule has 5 nitrogen and oxygen atoms in total. The van der Waals surface area contributed by atoms with Crippen molar-refractivity contribution in [1.29, 1.82) is 0 Å². The van der Waals surface area contributed by atoms with Crippen LogP contribution in [-0.2, 0) is 6.54 Å². The zero-order valence-electron chi connectivity index (χ0n) is 17.1. The predicted octanol–water partition coefficient (Wildman–Crippen LogP) is 3.72. The Morgan fingerprint density at radius 1 is 0.793 bits per heavy atom. The molecule has 0 unspecified atom stereocenters. The molecule has 154 valence electrons. The molecule has 0 saturated carbocycles. The molecule has 2 aliphatic heterocycles. The van der Waals surface area contributed by atoms with Crippen molar-refractivity contribution in [2.75, 3.05) is 45.8 Å². The van der Waals surface area contributed by atoms with Crippen LogP contribution in [0.2, 0.25) is 0 Å². The average molecular weight is 394 g/mol. The maximum absolute atomic E-state index is 12.3. The number of amides is 1. The van der Waals surface area contributed by atoms with Crippen LogP contribution in [-0.4, -0.2) is 66.6 Å². The maximum atomic E-state index is 12.3. The molecule has 29 heavy (non-hydrogen) atoms. The van der Waals surface area contributed by atoms with Crippen molar-refractivity contribution in [3.8, 4) is 5.75 Å². The Balaban J connectivity index is 1.15. The van der Waals surface area contributed by atoms with E-state index >= 15 is 0 Å². The van der Waals surface area contributed by atoms with Gasteiger partial charge in [0.2, 0.25) is 0 Å². The van der Waals surface area contributed by atoms with Gasteiger partial charge in [0.1, 0.15) is 5.75 Å². The summed E-state index contributed by atoms with van der Waals surface area (Å²) in [6, 6.07) is 20.1. The van der Waals surface area contributed by atoms with Gasteiger partial charge in [-0.3, -0.25) is 4.90 Å². The highest BCUT2D eigenvalue weighted by atomic mass is 16.6. The van der Waals surface area contributed by atoms with Gasteiger partial charge in [0, 0.05) is 52.4 Å². The van der Waals surface area contributed by atoms with Gasteiger partial charge < -0.3 is 14.5 Å². The van der Waals surface area contributed by atoms with Gasteiger partial charge >= 0.3 is 6.09 Å². The van der Waals surface area contributed by atoms with E-state index in [0.29, 0.717) is 11.7 Å². The van der Waals surface area contributed by atoms with Crippen molar-refractivity contribution in [1.82, 2.24) is 14.7 Å². The second kappa shape index (κ2) is 9.90. The maximum Gasteiger partial charge on any atom is 0.415 e. The number of piperidine rings is 1. The fourth-order valence-corrected chi connectivity index (χ4v) is 4.29. The summed E-state index contributed by atoms with van der Waals surface area (Å²) in [5, 5.41) is 0. The number of carbonyl (C=O) groups excluding carboxylic acids is 1. The number of rotatable bonds is 5. The van der Waals surface area contributed by atoms with Gasteiger partial charge in [0.15, 0.2) is 0 Å². The third-order valence-electron chi connectivity index (χ3n) is 6.05. The lowest BCUT2D eigenvalue weighted by Gasteiger charge is -2.38. The molecule has 5 heteroatoms. The van der Waals surface area contributed by atoms with Gasteiger partial charge in [-0.1, -0.05) is 48.5 Å². The minimum atomic E-state index is -0.218. The first-order chi connectivity index (χ1) is 14.3. The molecule has 0 aromatic heterocycles. The molecule has 0 atom stereocenters. The highest BCUT2D eigenvalue weighted by Gasteiger charge is 2.26. The second-order valence-electron chi connectivity index (χ2n) is 8.17. The van der Waals surface area contributed by atoms with Gasteiger partial charge in [-0.05, 0) is 36.5 Å². The van der Waals surface area contributed by atoms with Crippen LogP contribution < -0.4 is 4.74 Å². The molecule has 2 aromatic rings. The van der Waals surface area contributed by atoms with Crippen molar-refractivity contribution < 1.29 is 9.53 Å². The lowest BCUT2D eigenvalue weighted by molar-refractivity contribution is 0.0893. The average Bonchev–Trinajstić information content (AvgIpc) is 2.77. The van der Waals surface area contributed by atoms with Crippen molar-refractivity contribution in [2.24, 2.45) is 5.92 Å². The monoisotopic (exact) mass is 393 g/mol. The highest BCUT2D eigenvalue weighted by molar-refractivity contribution is 5.70. The van der Waals surface area contributed by atoms with E-state index in [2.05, 4.69) is 40.1 Å². The lowest BCUT2D eigenvalue weighted by atomic mass is 9.96. The Bertz CT molecular complexity index is 752. The zero-order chi connectivity index (χ0) is 19.9. The molecule has 0 radical (unpaired) electrons. The molecule has 2 saturated heterocycles. The number of piperazine rings is 1. The van der Waals surface area contributed by atoms with E-state index in [-0.39, 0.29) is 6.09 Å². The Hall–Kier alpha value is -2.37. The summed E-state index contributed by atoms with van der Waals surface area (Å²) in [6.45, 7) is 8.35. The summed E-state index contributed by atoms with van der Waals surface area (Å²) in [7, 11) is 0. The third-order valence-corrected chi connectivity index (χ3v) is 6.05. The standard InChI is InChI=1S/C24H31N3O2/c28-24(29-23-9-5-2-6-10-23)27-13-11-22(12-14-27)20-26-17-15-25(16-18-26)19-21-7-3-1-4-8-21/h1-10,22H,11-20H2. The van der Waals surface area contributed by atoms with Crippen LogP contribution in [0.25, 0.3) is 0 Å². The minimum absolute atomic E-state index is 0.218. The first kappa shape index (κ1) is 19.9. The number of hydrogen-bond donors (Lipinski definition) is 0. The molecule has 0 spiro atoms. The van der Waals surface area contributed by atoms with Crippen LogP contribution in [0.5, 0.6) is 5.75 Å². The fourth-order valence-electron chi connectivity index (χ4n) is 4.29. The topological polar surface area (TPSA) is 36.0 Å². The Kier molecular flexibility index (Phi) is 6.80. The number of hydrogen-bond acceptors (Lipinski definition) is 4. The molecule has 2 fully saturated rings. The van der Waals surface area contributed by atoms with Crippen LogP contribution in [0.1, 0.15) is 18.4 Å². The van der Waals surface area contributed by atoms with Crippen molar-refractivity contribution in [3.63, 3.8) is 0 Å². The predicted molar refractivity (Wildman–Crippen MR) is 115 cm³/mol. The van der Waals surface area contributed by atoms with E-state index in [0.717, 1.165) is 65.2 Å². The van der Waals surface area contributed by atoms with Crippen LogP contribution in [0.3, 0.4) is 0 Å². The second-order valence-corrected chi connectivity index (χ2v) is 8.17. The van der Waals surface area contributed by atoms with Gasteiger partial charge in [0.05, 0.1) is 0 Å². The number of likely N-dealkylation sites (tertiary alicyclic amines) is 1. The SMILES string of the molecule is O=C(Oc1ccccc1)N1CCC(CN2CCN(Cc3ccccc3)CC2)CC1. The molecular formula is C24H31N3O2. The minimum Gasteiger partial charge on any atom is -0.410 e. The molecule has 2 aliphatic rings. The van der Waals surface area contributed by atoms with Gasteiger partial charge in [-0.15, -0.1) is 0 Å². The van der Waals surface area contributed by atoms with E-state index in [1.807, 2.05) is 35.2 Å². The Morgan fingerprint density at radius 3 is 2.03 bits per heavy atom. The van der Waals surface area contributed by atoms with Crippen LogP contribution in [0.15, 0.2) is 60.7 Å². The number of benzene rings is 2. The van der Waals surface area contributed by atoms with E-state index in [1.165, 1.54) is 5.56 Å². The van der Waals surface area contributed by atoms with Crippen molar-refractivity contribution in [2.45, 2.75) is 19.4 Å². The van der Waals surface area contributed by atoms with Crippen LogP contribution in [0, 0.1) is 5.92 Å². The number of nitrogens with zero attached hydrogens (tertiary/aromatic N) is 3. The Morgan fingerprint density at radius 2 is 1.38 bits per heavy atom. The fraction of sp³-hybridized carbons (Fsp3) is 0.458. The molecule has 2 heterocycles. The first-order valence-electron chi connectivity index (χ1n) is 10.8. The number of para-hydroxylation sites is 1.